The molecular formula is C25H23N5O2. The molecule has 1 fully saturated rings. The van der Waals surface area contributed by atoms with E-state index in [0.717, 1.165) is 30.5 Å². The maximum absolute atomic E-state index is 13.1. The van der Waals surface area contributed by atoms with E-state index in [1.165, 1.54) is 0 Å². The van der Waals surface area contributed by atoms with Crippen LogP contribution in [0.15, 0.2) is 77.7 Å². The number of carbonyl (C=O) groups excluding carboxylic acids is 1. The van der Waals surface area contributed by atoms with Crippen LogP contribution >= 0.6 is 0 Å². The largest absolute Gasteiger partial charge is 0.339 e. The van der Waals surface area contributed by atoms with Crippen molar-refractivity contribution >= 4 is 5.91 Å². The first-order valence-electron chi connectivity index (χ1n) is 10.8. The molecule has 1 amide bonds. The Hall–Kier alpha value is -3.87. The van der Waals surface area contributed by atoms with E-state index in [9.17, 15) is 4.79 Å². The summed E-state index contributed by atoms with van der Waals surface area (Å²) in [4.78, 5) is 27.7. The molecule has 160 valence electrons. The van der Waals surface area contributed by atoms with Crippen molar-refractivity contribution in [2.45, 2.75) is 19.3 Å². The lowest BCUT2D eigenvalue weighted by Gasteiger charge is -2.32. The molecule has 32 heavy (non-hydrogen) atoms. The lowest BCUT2D eigenvalue weighted by molar-refractivity contribution is 0.0668. The number of benzene rings is 2. The Bertz CT molecular complexity index is 1180. The molecule has 1 aliphatic heterocycles. The minimum Gasteiger partial charge on any atom is -0.339 e. The second kappa shape index (κ2) is 9.09. The molecule has 0 saturated carbocycles. The van der Waals surface area contributed by atoms with E-state index >= 15 is 0 Å². The third-order valence-electron chi connectivity index (χ3n) is 5.77. The highest BCUT2D eigenvalue weighted by Crippen LogP contribution is 2.24. The van der Waals surface area contributed by atoms with E-state index < -0.39 is 0 Å². The van der Waals surface area contributed by atoms with Crippen molar-refractivity contribution in [1.29, 1.82) is 0 Å². The third kappa shape index (κ3) is 4.42. The SMILES string of the molecule is O=C(c1ccc(-c2ccccc2)cc1)N1CCCC(Cc2nc(-c3cnccn3)no2)C1. The van der Waals surface area contributed by atoms with Crippen LogP contribution in [0, 0.1) is 5.92 Å². The van der Waals surface area contributed by atoms with E-state index in [4.69, 9.17) is 4.52 Å². The van der Waals surface area contributed by atoms with Crippen molar-refractivity contribution in [3.05, 3.63) is 84.6 Å². The Morgan fingerprint density at radius 1 is 1.03 bits per heavy atom. The number of likely N-dealkylation sites (tertiary alicyclic amines) is 1. The first-order valence-corrected chi connectivity index (χ1v) is 10.8. The minimum atomic E-state index is 0.0695. The standard InChI is InChI=1S/C25H23N5O2/c31-25(21-10-8-20(9-11-21)19-6-2-1-3-7-19)30-14-4-5-18(17-30)15-23-28-24(29-32-23)22-16-26-12-13-27-22/h1-3,6-13,16,18H,4-5,14-15,17H2. The number of hydrogen-bond donors (Lipinski definition) is 0. The summed E-state index contributed by atoms with van der Waals surface area (Å²) in [7, 11) is 0. The summed E-state index contributed by atoms with van der Waals surface area (Å²) in [6.07, 6.45) is 7.45. The number of aromatic nitrogens is 4. The predicted molar refractivity (Wildman–Crippen MR) is 120 cm³/mol. The zero-order chi connectivity index (χ0) is 21.8. The first kappa shape index (κ1) is 20.1. The number of amides is 1. The molecule has 7 nitrogen and oxygen atoms in total. The Labute approximate surface area is 186 Å². The van der Waals surface area contributed by atoms with Crippen LogP contribution < -0.4 is 0 Å². The number of carbonyl (C=O) groups is 1. The maximum Gasteiger partial charge on any atom is 0.253 e. The fourth-order valence-corrected chi connectivity index (χ4v) is 4.14. The Kier molecular flexibility index (Phi) is 5.70. The molecule has 2 aromatic heterocycles. The van der Waals surface area contributed by atoms with Gasteiger partial charge in [0.2, 0.25) is 11.7 Å². The fourth-order valence-electron chi connectivity index (χ4n) is 4.14. The van der Waals surface area contributed by atoms with Gasteiger partial charge in [-0.3, -0.25) is 9.78 Å². The Morgan fingerprint density at radius 2 is 1.84 bits per heavy atom. The highest BCUT2D eigenvalue weighted by atomic mass is 16.5. The molecule has 0 bridgehead atoms. The predicted octanol–water partition coefficient (Wildman–Crippen LogP) is 4.29. The Morgan fingerprint density at radius 3 is 2.62 bits per heavy atom. The molecule has 1 saturated heterocycles. The average Bonchev–Trinajstić information content (AvgIpc) is 3.33. The summed E-state index contributed by atoms with van der Waals surface area (Å²) in [5.74, 6) is 1.36. The van der Waals surface area contributed by atoms with Crippen LogP contribution in [0.2, 0.25) is 0 Å². The van der Waals surface area contributed by atoms with Gasteiger partial charge in [0.25, 0.3) is 5.91 Å². The lowest BCUT2D eigenvalue weighted by Crippen LogP contribution is -2.40. The van der Waals surface area contributed by atoms with Crippen molar-refractivity contribution in [3.8, 4) is 22.6 Å². The van der Waals surface area contributed by atoms with E-state index in [0.29, 0.717) is 35.9 Å². The Balaban J connectivity index is 1.23. The monoisotopic (exact) mass is 425 g/mol. The van der Waals surface area contributed by atoms with Gasteiger partial charge >= 0.3 is 0 Å². The molecule has 5 rings (SSSR count). The fraction of sp³-hybridized carbons (Fsp3) is 0.240. The second-order valence-corrected chi connectivity index (χ2v) is 8.01. The topological polar surface area (TPSA) is 85.0 Å². The van der Waals surface area contributed by atoms with Gasteiger partial charge in [-0.2, -0.15) is 4.98 Å². The van der Waals surface area contributed by atoms with Crippen molar-refractivity contribution < 1.29 is 9.32 Å². The highest BCUT2D eigenvalue weighted by Gasteiger charge is 2.26. The van der Waals surface area contributed by atoms with Gasteiger partial charge in [0.15, 0.2) is 0 Å². The van der Waals surface area contributed by atoms with Crippen molar-refractivity contribution in [3.63, 3.8) is 0 Å². The number of hydrogen-bond acceptors (Lipinski definition) is 6. The molecule has 4 aromatic rings. The summed E-state index contributed by atoms with van der Waals surface area (Å²) < 4.78 is 5.43. The number of rotatable bonds is 5. The van der Waals surface area contributed by atoms with Gasteiger partial charge in [-0.05, 0) is 42.0 Å². The van der Waals surface area contributed by atoms with E-state index in [2.05, 4.69) is 32.2 Å². The van der Waals surface area contributed by atoms with Gasteiger partial charge in [0.05, 0.1) is 6.20 Å². The number of nitrogens with zero attached hydrogens (tertiary/aromatic N) is 5. The molecule has 2 aromatic carbocycles. The first-order chi connectivity index (χ1) is 15.8. The van der Waals surface area contributed by atoms with Crippen LogP contribution in [0.25, 0.3) is 22.6 Å². The average molecular weight is 425 g/mol. The van der Waals surface area contributed by atoms with Crippen LogP contribution in [-0.2, 0) is 6.42 Å². The second-order valence-electron chi connectivity index (χ2n) is 8.01. The summed E-state index contributed by atoms with van der Waals surface area (Å²) >= 11 is 0. The van der Waals surface area contributed by atoms with Gasteiger partial charge in [0.1, 0.15) is 5.69 Å². The van der Waals surface area contributed by atoms with Crippen molar-refractivity contribution in [2.24, 2.45) is 5.92 Å². The summed E-state index contributed by atoms with van der Waals surface area (Å²) in [6, 6.07) is 18.0. The maximum atomic E-state index is 13.1. The quantitative estimate of drug-likeness (QED) is 0.474. The summed E-state index contributed by atoms with van der Waals surface area (Å²) in [5, 5.41) is 4.02. The summed E-state index contributed by atoms with van der Waals surface area (Å²) in [5.41, 5.74) is 3.55. The smallest absolute Gasteiger partial charge is 0.253 e. The lowest BCUT2D eigenvalue weighted by atomic mass is 9.94. The van der Waals surface area contributed by atoms with Crippen LogP contribution in [0.5, 0.6) is 0 Å². The third-order valence-corrected chi connectivity index (χ3v) is 5.77. The molecule has 0 N–H and O–H groups in total. The minimum absolute atomic E-state index is 0.0695. The molecule has 0 radical (unpaired) electrons. The molecule has 1 unspecified atom stereocenters. The van der Waals surface area contributed by atoms with E-state index in [-0.39, 0.29) is 11.8 Å². The number of piperidine rings is 1. The van der Waals surface area contributed by atoms with Gasteiger partial charge in [0, 0.05) is 37.5 Å². The molecule has 3 heterocycles. The molecule has 0 spiro atoms. The van der Waals surface area contributed by atoms with E-state index in [1.807, 2.05) is 47.4 Å². The van der Waals surface area contributed by atoms with Crippen LogP contribution in [0.4, 0.5) is 0 Å². The van der Waals surface area contributed by atoms with Gasteiger partial charge in [-0.1, -0.05) is 47.6 Å². The van der Waals surface area contributed by atoms with E-state index in [1.54, 1.807) is 18.6 Å². The van der Waals surface area contributed by atoms with Crippen LogP contribution in [-0.4, -0.2) is 44.0 Å². The zero-order valence-electron chi connectivity index (χ0n) is 17.6. The van der Waals surface area contributed by atoms with Crippen LogP contribution in [0.3, 0.4) is 0 Å². The van der Waals surface area contributed by atoms with Crippen molar-refractivity contribution in [2.75, 3.05) is 13.1 Å². The zero-order valence-corrected chi connectivity index (χ0v) is 17.6. The van der Waals surface area contributed by atoms with Crippen molar-refractivity contribution in [1.82, 2.24) is 25.0 Å². The van der Waals surface area contributed by atoms with Gasteiger partial charge in [-0.15, -0.1) is 0 Å². The van der Waals surface area contributed by atoms with Gasteiger partial charge < -0.3 is 9.42 Å². The molecule has 1 aliphatic rings. The molecular weight excluding hydrogens is 402 g/mol. The van der Waals surface area contributed by atoms with Gasteiger partial charge in [-0.25, -0.2) is 4.98 Å². The highest BCUT2D eigenvalue weighted by molar-refractivity contribution is 5.94. The molecule has 1 atom stereocenters. The molecule has 7 heteroatoms. The summed E-state index contributed by atoms with van der Waals surface area (Å²) in [6.45, 7) is 1.45. The van der Waals surface area contributed by atoms with Crippen LogP contribution in [0.1, 0.15) is 29.1 Å². The normalized spacial score (nSPS) is 16.1. The molecule has 0 aliphatic carbocycles.